The lowest BCUT2D eigenvalue weighted by atomic mass is 9.71. The Morgan fingerprint density at radius 3 is 2.38 bits per heavy atom. The summed E-state index contributed by atoms with van der Waals surface area (Å²) < 4.78 is 16.4. The Labute approximate surface area is 153 Å². The van der Waals surface area contributed by atoms with Gasteiger partial charge in [0, 0.05) is 44.8 Å². The highest BCUT2D eigenvalue weighted by Gasteiger charge is 2.53. The quantitative estimate of drug-likeness (QED) is 0.793. The van der Waals surface area contributed by atoms with Crippen molar-refractivity contribution in [1.82, 2.24) is 9.80 Å². The van der Waals surface area contributed by atoms with Gasteiger partial charge in [0.1, 0.15) is 5.76 Å². The summed E-state index contributed by atoms with van der Waals surface area (Å²) in [6.07, 6.45) is 1.63. The minimum atomic E-state index is -0.190. The van der Waals surface area contributed by atoms with Gasteiger partial charge in [0.25, 0.3) is 5.91 Å². The van der Waals surface area contributed by atoms with Crippen LogP contribution in [0.15, 0.2) is 16.5 Å². The molecule has 0 aromatic carbocycles. The number of ether oxygens (including phenoxy) is 2. The van der Waals surface area contributed by atoms with Crippen molar-refractivity contribution in [2.75, 3.05) is 52.6 Å². The highest BCUT2D eigenvalue weighted by atomic mass is 16.5. The highest BCUT2D eigenvalue weighted by Crippen LogP contribution is 2.45. The van der Waals surface area contributed by atoms with E-state index in [0.29, 0.717) is 64.1 Å². The summed E-state index contributed by atoms with van der Waals surface area (Å²) >= 11 is 0. The minimum Gasteiger partial charge on any atom is -0.456 e. The van der Waals surface area contributed by atoms with E-state index in [1.165, 1.54) is 0 Å². The van der Waals surface area contributed by atoms with Crippen molar-refractivity contribution in [2.45, 2.75) is 19.8 Å². The summed E-state index contributed by atoms with van der Waals surface area (Å²) in [6, 6.07) is 3.51. The topological polar surface area (TPSA) is 72.2 Å². The van der Waals surface area contributed by atoms with E-state index in [1.807, 2.05) is 11.8 Å². The highest BCUT2D eigenvalue weighted by molar-refractivity contribution is 5.93. The molecular weight excluding hydrogens is 336 g/mol. The van der Waals surface area contributed by atoms with Gasteiger partial charge in [-0.2, -0.15) is 0 Å². The van der Waals surface area contributed by atoms with Crippen LogP contribution in [0.25, 0.3) is 0 Å². The summed E-state index contributed by atoms with van der Waals surface area (Å²) in [5.41, 5.74) is -0.190. The Hall–Kier alpha value is -1.86. The van der Waals surface area contributed by atoms with Gasteiger partial charge in [0.2, 0.25) is 5.91 Å². The molecule has 0 bridgehead atoms. The van der Waals surface area contributed by atoms with Crippen molar-refractivity contribution in [3.05, 3.63) is 23.7 Å². The van der Waals surface area contributed by atoms with Crippen LogP contribution in [0.2, 0.25) is 0 Å². The lowest BCUT2D eigenvalue weighted by Gasteiger charge is -2.39. The molecule has 1 aromatic rings. The first-order chi connectivity index (χ1) is 12.6. The fourth-order valence-electron chi connectivity index (χ4n) is 4.46. The first kappa shape index (κ1) is 17.5. The van der Waals surface area contributed by atoms with Crippen LogP contribution >= 0.6 is 0 Å². The maximum atomic E-state index is 13.3. The van der Waals surface area contributed by atoms with Crippen LogP contribution in [0.3, 0.4) is 0 Å². The summed E-state index contributed by atoms with van der Waals surface area (Å²) in [5.74, 6) is 0.922. The van der Waals surface area contributed by atoms with E-state index in [0.717, 1.165) is 12.8 Å². The predicted molar refractivity (Wildman–Crippen MR) is 92.7 cm³/mol. The number of amides is 2. The molecule has 0 aliphatic carbocycles. The Bertz CT molecular complexity index is 673. The third kappa shape index (κ3) is 3.14. The van der Waals surface area contributed by atoms with Crippen molar-refractivity contribution in [3.63, 3.8) is 0 Å². The number of carbonyl (C=O) groups excluding carboxylic acids is 2. The standard InChI is InChI=1S/C19H26N2O5/c1-14-2-3-16(26-14)18(23)21-12-15(17(22)20-6-10-25-11-7-20)19(13-21)4-8-24-9-5-19/h2-3,15H,4-13H2,1H3/t15-/m0/s1. The number of rotatable bonds is 2. The van der Waals surface area contributed by atoms with Gasteiger partial charge in [0.15, 0.2) is 5.76 Å². The van der Waals surface area contributed by atoms with Gasteiger partial charge in [-0.15, -0.1) is 0 Å². The molecule has 3 saturated heterocycles. The van der Waals surface area contributed by atoms with Crippen molar-refractivity contribution in [1.29, 1.82) is 0 Å². The molecule has 7 heteroatoms. The summed E-state index contributed by atoms with van der Waals surface area (Å²) in [6.45, 7) is 6.60. The molecule has 0 saturated carbocycles. The number of likely N-dealkylation sites (tertiary alicyclic amines) is 1. The van der Waals surface area contributed by atoms with E-state index in [-0.39, 0.29) is 23.1 Å². The molecule has 3 aliphatic heterocycles. The Kier molecular flexibility index (Phi) is 4.75. The zero-order valence-corrected chi connectivity index (χ0v) is 15.2. The molecule has 1 atom stereocenters. The molecule has 0 unspecified atom stereocenters. The van der Waals surface area contributed by atoms with Crippen molar-refractivity contribution >= 4 is 11.8 Å². The average Bonchev–Trinajstić information content (AvgIpc) is 3.26. The molecule has 0 radical (unpaired) electrons. The van der Waals surface area contributed by atoms with Crippen LogP contribution in [-0.4, -0.2) is 74.2 Å². The van der Waals surface area contributed by atoms with Gasteiger partial charge < -0.3 is 23.7 Å². The van der Waals surface area contributed by atoms with Crippen LogP contribution in [0.4, 0.5) is 0 Å². The van der Waals surface area contributed by atoms with E-state index in [2.05, 4.69) is 0 Å². The monoisotopic (exact) mass is 362 g/mol. The molecule has 4 heterocycles. The molecule has 2 amide bonds. The normalized spacial score (nSPS) is 25.7. The van der Waals surface area contributed by atoms with Crippen molar-refractivity contribution in [3.8, 4) is 0 Å². The molecule has 7 nitrogen and oxygen atoms in total. The predicted octanol–water partition coefficient (Wildman–Crippen LogP) is 1.32. The first-order valence-electron chi connectivity index (χ1n) is 9.39. The lowest BCUT2D eigenvalue weighted by Crippen LogP contribution is -2.49. The van der Waals surface area contributed by atoms with Crippen molar-refractivity contribution in [2.24, 2.45) is 11.3 Å². The van der Waals surface area contributed by atoms with E-state index in [1.54, 1.807) is 17.0 Å². The first-order valence-corrected chi connectivity index (χ1v) is 9.39. The van der Waals surface area contributed by atoms with Crippen LogP contribution in [-0.2, 0) is 14.3 Å². The second-order valence-corrected chi connectivity index (χ2v) is 7.56. The zero-order valence-electron chi connectivity index (χ0n) is 15.2. The molecular formula is C19H26N2O5. The van der Waals surface area contributed by atoms with Crippen molar-refractivity contribution < 1.29 is 23.5 Å². The zero-order chi connectivity index (χ0) is 18.1. The smallest absolute Gasteiger partial charge is 0.289 e. The van der Waals surface area contributed by atoms with Gasteiger partial charge in [-0.05, 0) is 31.9 Å². The summed E-state index contributed by atoms with van der Waals surface area (Å²) in [5, 5.41) is 0. The number of hydrogen-bond acceptors (Lipinski definition) is 5. The van der Waals surface area contributed by atoms with Crippen LogP contribution in [0, 0.1) is 18.3 Å². The van der Waals surface area contributed by atoms with Gasteiger partial charge in [-0.25, -0.2) is 0 Å². The molecule has 0 N–H and O–H groups in total. The Morgan fingerprint density at radius 2 is 1.73 bits per heavy atom. The molecule has 1 spiro atoms. The maximum Gasteiger partial charge on any atom is 0.289 e. The van der Waals surface area contributed by atoms with Crippen LogP contribution < -0.4 is 0 Å². The third-order valence-corrected chi connectivity index (χ3v) is 6.00. The number of furan rings is 1. The fourth-order valence-corrected chi connectivity index (χ4v) is 4.46. The van der Waals surface area contributed by atoms with Gasteiger partial charge in [-0.3, -0.25) is 9.59 Å². The largest absolute Gasteiger partial charge is 0.456 e. The van der Waals surface area contributed by atoms with Gasteiger partial charge >= 0.3 is 0 Å². The average molecular weight is 362 g/mol. The number of morpholine rings is 1. The second kappa shape index (κ2) is 7.04. The molecule has 4 rings (SSSR count). The molecule has 26 heavy (non-hydrogen) atoms. The number of hydrogen-bond donors (Lipinski definition) is 0. The molecule has 3 fully saturated rings. The SMILES string of the molecule is Cc1ccc(C(=O)N2C[C@@H](C(=O)N3CCOCC3)C3(CCOCC3)C2)o1. The van der Waals surface area contributed by atoms with Crippen LogP contribution in [0.1, 0.15) is 29.2 Å². The summed E-state index contributed by atoms with van der Waals surface area (Å²) in [4.78, 5) is 29.8. The van der Waals surface area contributed by atoms with Crippen LogP contribution in [0.5, 0.6) is 0 Å². The molecule has 142 valence electrons. The van der Waals surface area contributed by atoms with Gasteiger partial charge in [0.05, 0.1) is 19.1 Å². The number of aryl methyl sites for hydroxylation is 1. The summed E-state index contributed by atoms with van der Waals surface area (Å²) in [7, 11) is 0. The number of nitrogens with zero attached hydrogens (tertiary/aromatic N) is 2. The number of carbonyl (C=O) groups is 2. The van der Waals surface area contributed by atoms with E-state index in [4.69, 9.17) is 13.9 Å². The van der Waals surface area contributed by atoms with E-state index < -0.39 is 0 Å². The third-order valence-electron chi connectivity index (χ3n) is 6.00. The maximum absolute atomic E-state index is 13.3. The molecule has 1 aromatic heterocycles. The van der Waals surface area contributed by atoms with E-state index >= 15 is 0 Å². The van der Waals surface area contributed by atoms with E-state index in [9.17, 15) is 9.59 Å². The Balaban J connectivity index is 1.56. The second-order valence-electron chi connectivity index (χ2n) is 7.56. The molecule has 3 aliphatic rings. The minimum absolute atomic E-state index is 0.124. The Morgan fingerprint density at radius 1 is 1.04 bits per heavy atom. The lowest BCUT2D eigenvalue weighted by molar-refractivity contribution is -0.144. The fraction of sp³-hybridized carbons (Fsp3) is 0.684. The van der Waals surface area contributed by atoms with Gasteiger partial charge in [-0.1, -0.05) is 0 Å².